The molecule has 134 valence electrons. The summed E-state index contributed by atoms with van der Waals surface area (Å²) in [6, 6.07) is 16.1. The number of piperazine rings is 1. The highest BCUT2D eigenvalue weighted by molar-refractivity contribution is 5.98. The summed E-state index contributed by atoms with van der Waals surface area (Å²) in [6.45, 7) is 3.10. The highest BCUT2D eigenvalue weighted by atomic mass is 16.5. The molecule has 26 heavy (non-hydrogen) atoms. The van der Waals surface area contributed by atoms with Gasteiger partial charge in [-0.05, 0) is 36.4 Å². The lowest BCUT2D eigenvalue weighted by atomic mass is 10.1. The van der Waals surface area contributed by atoms with E-state index < -0.39 is 0 Å². The van der Waals surface area contributed by atoms with Crippen molar-refractivity contribution in [3.05, 3.63) is 60.3 Å². The van der Waals surface area contributed by atoms with Crippen molar-refractivity contribution in [2.75, 3.05) is 38.2 Å². The van der Waals surface area contributed by atoms with Crippen molar-refractivity contribution in [1.29, 1.82) is 0 Å². The molecule has 3 aromatic rings. The van der Waals surface area contributed by atoms with Crippen LogP contribution in [0.4, 0.5) is 5.69 Å². The van der Waals surface area contributed by atoms with Gasteiger partial charge in [0.15, 0.2) is 0 Å². The molecule has 0 N–H and O–H groups in total. The molecule has 4 rings (SSSR count). The highest BCUT2D eigenvalue weighted by Crippen LogP contribution is 2.23. The molecule has 1 saturated heterocycles. The quantitative estimate of drug-likeness (QED) is 0.729. The number of hydrogen-bond donors (Lipinski definition) is 0. The van der Waals surface area contributed by atoms with E-state index in [1.807, 2.05) is 60.6 Å². The largest absolute Gasteiger partial charge is 0.497 e. The Morgan fingerprint density at radius 3 is 2.58 bits per heavy atom. The fourth-order valence-electron chi connectivity index (χ4n) is 3.57. The molecule has 1 fully saturated rings. The second-order valence-electron chi connectivity index (χ2n) is 6.68. The third kappa shape index (κ3) is 3.01. The number of hydrogen-bond acceptors (Lipinski definition) is 3. The highest BCUT2D eigenvalue weighted by Gasteiger charge is 2.22. The second-order valence-corrected chi connectivity index (χ2v) is 6.68. The molecule has 1 amide bonds. The van der Waals surface area contributed by atoms with Crippen LogP contribution in [0.5, 0.6) is 5.75 Å². The molecule has 1 aliphatic heterocycles. The van der Waals surface area contributed by atoms with E-state index >= 15 is 0 Å². The summed E-state index contributed by atoms with van der Waals surface area (Å²) >= 11 is 0. The van der Waals surface area contributed by atoms with Crippen LogP contribution in [0.25, 0.3) is 10.9 Å². The first-order chi connectivity index (χ1) is 12.7. The molecule has 1 aliphatic rings. The van der Waals surface area contributed by atoms with Gasteiger partial charge in [0.25, 0.3) is 5.91 Å². The fraction of sp³-hybridized carbons (Fsp3) is 0.286. The average Bonchev–Trinajstić information content (AvgIpc) is 3.08. The summed E-state index contributed by atoms with van der Waals surface area (Å²) in [5, 5.41) is 1.10. The molecule has 0 aliphatic carbocycles. The Morgan fingerprint density at radius 2 is 1.81 bits per heavy atom. The number of benzene rings is 2. The van der Waals surface area contributed by atoms with E-state index in [0.717, 1.165) is 54.1 Å². The van der Waals surface area contributed by atoms with Crippen LogP contribution in [0.3, 0.4) is 0 Å². The van der Waals surface area contributed by atoms with Gasteiger partial charge in [0.2, 0.25) is 0 Å². The van der Waals surface area contributed by atoms with E-state index in [1.54, 1.807) is 7.11 Å². The summed E-state index contributed by atoms with van der Waals surface area (Å²) in [4.78, 5) is 17.1. The van der Waals surface area contributed by atoms with Crippen molar-refractivity contribution >= 4 is 22.5 Å². The number of amides is 1. The van der Waals surface area contributed by atoms with Crippen molar-refractivity contribution in [3.8, 4) is 5.75 Å². The Morgan fingerprint density at radius 1 is 1.00 bits per heavy atom. The maximum Gasteiger partial charge on any atom is 0.253 e. The van der Waals surface area contributed by atoms with Gasteiger partial charge in [0.1, 0.15) is 5.75 Å². The number of anilines is 1. The van der Waals surface area contributed by atoms with Gasteiger partial charge in [-0.3, -0.25) is 4.79 Å². The zero-order valence-electron chi connectivity index (χ0n) is 15.2. The Labute approximate surface area is 153 Å². The van der Waals surface area contributed by atoms with Crippen LogP contribution >= 0.6 is 0 Å². The Balaban J connectivity index is 1.45. The molecule has 1 aromatic heterocycles. The molecule has 0 atom stereocenters. The lowest BCUT2D eigenvalue weighted by Crippen LogP contribution is -2.48. The molecule has 5 nitrogen and oxygen atoms in total. The second kappa shape index (κ2) is 6.75. The van der Waals surface area contributed by atoms with Gasteiger partial charge in [-0.25, -0.2) is 0 Å². The number of ether oxygens (including phenoxy) is 1. The van der Waals surface area contributed by atoms with Gasteiger partial charge in [-0.15, -0.1) is 0 Å². The smallest absolute Gasteiger partial charge is 0.253 e. The number of fused-ring (bicyclic) bond motifs is 1. The van der Waals surface area contributed by atoms with Crippen LogP contribution in [-0.2, 0) is 7.05 Å². The van der Waals surface area contributed by atoms with Gasteiger partial charge in [-0.2, -0.15) is 0 Å². The number of aromatic nitrogens is 1. The molecule has 0 saturated carbocycles. The molecular weight excluding hydrogens is 326 g/mol. The Hall–Kier alpha value is -2.95. The number of methoxy groups -OCH3 is 1. The number of rotatable bonds is 3. The molecular formula is C21H23N3O2. The third-order valence-electron chi connectivity index (χ3n) is 5.12. The van der Waals surface area contributed by atoms with Gasteiger partial charge < -0.3 is 19.1 Å². The number of carbonyl (C=O) groups excluding carboxylic acids is 1. The standard InChI is InChI=1S/C21H23N3O2/c1-22-9-8-16-14-17(6-7-20(16)22)21(25)24-12-10-23(11-13-24)18-4-3-5-19(15-18)26-2/h3-9,14-15H,10-13H2,1-2H3. The van der Waals surface area contributed by atoms with E-state index in [1.165, 1.54) is 0 Å². The van der Waals surface area contributed by atoms with Crippen LogP contribution in [-0.4, -0.2) is 48.7 Å². The summed E-state index contributed by atoms with van der Waals surface area (Å²) in [5.41, 5.74) is 3.05. The average molecular weight is 349 g/mol. The van der Waals surface area contributed by atoms with Gasteiger partial charge >= 0.3 is 0 Å². The third-order valence-corrected chi connectivity index (χ3v) is 5.12. The monoisotopic (exact) mass is 349 g/mol. The number of aryl methyl sites for hydroxylation is 1. The summed E-state index contributed by atoms with van der Waals surface area (Å²) in [6.07, 6.45) is 2.02. The summed E-state index contributed by atoms with van der Waals surface area (Å²) in [7, 11) is 3.70. The van der Waals surface area contributed by atoms with Crippen LogP contribution in [0.1, 0.15) is 10.4 Å². The van der Waals surface area contributed by atoms with E-state index in [0.29, 0.717) is 0 Å². The van der Waals surface area contributed by atoms with Gasteiger partial charge in [-0.1, -0.05) is 6.07 Å². The van der Waals surface area contributed by atoms with Crippen LogP contribution in [0, 0.1) is 0 Å². The van der Waals surface area contributed by atoms with Crippen LogP contribution in [0.2, 0.25) is 0 Å². The summed E-state index contributed by atoms with van der Waals surface area (Å²) in [5.74, 6) is 0.971. The predicted molar refractivity (Wildman–Crippen MR) is 104 cm³/mol. The van der Waals surface area contributed by atoms with Crippen molar-refractivity contribution < 1.29 is 9.53 Å². The predicted octanol–water partition coefficient (Wildman–Crippen LogP) is 3.15. The first-order valence-corrected chi connectivity index (χ1v) is 8.89. The van der Waals surface area contributed by atoms with Crippen molar-refractivity contribution in [2.24, 2.45) is 7.05 Å². The summed E-state index contributed by atoms with van der Waals surface area (Å²) < 4.78 is 7.37. The van der Waals surface area contributed by atoms with E-state index in [4.69, 9.17) is 4.74 Å². The minimum atomic E-state index is 0.112. The number of carbonyl (C=O) groups is 1. The first kappa shape index (κ1) is 16.5. The molecule has 5 heteroatoms. The SMILES string of the molecule is COc1cccc(N2CCN(C(=O)c3ccc4c(ccn4C)c3)CC2)c1. The maximum atomic E-state index is 12.9. The minimum absolute atomic E-state index is 0.112. The van der Waals surface area contributed by atoms with Crippen LogP contribution < -0.4 is 9.64 Å². The van der Waals surface area contributed by atoms with Gasteiger partial charge in [0.05, 0.1) is 7.11 Å². The van der Waals surface area contributed by atoms with E-state index in [2.05, 4.69) is 15.5 Å². The molecule has 2 aromatic carbocycles. The molecule has 0 unspecified atom stereocenters. The van der Waals surface area contributed by atoms with Crippen molar-refractivity contribution in [3.63, 3.8) is 0 Å². The lowest BCUT2D eigenvalue weighted by molar-refractivity contribution is 0.0747. The van der Waals surface area contributed by atoms with Crippen molar-refractivity contribution in [2.45, 2.75) is 0 Å². The van der Waals surface area contributed by atoms with Crippen LogP contribution in [0.15, 0.2) is 54.7 Å². The number of nitrogens with zero attached hydrogens (tertiary/aromatic N) is 3. The van der Waals surface area contributed by atoms with Gasteiger partial charge in [0, 0.05) is 67.6 Å². The molecule has 0 radical (unpaired) electrons. The molecule has 0 bridgehead atoms. The normalized spacial score (nSPS) is 14.7. The zero-order chi connectivity index (χ0) is 18.1. The van der Waals surface area contributed by atoms with E-state index in [9.17, 15) is 4.79 Å². The maximum absolute atomic E-state index is 12.9. The molecule has 2 heterocycles. The fourth-order valence-corrected chi connectivity index (χ4v) is 3.57. The first-order valence-electron chi connectivity index (χ1n) is 8.89. The lowest BCUT2D eigenvalue weighted by Gasteiger charge is -2.36. The molecule has 0 spiro atoms. The Kier molecular flexibility index (Phi) is 4.29. The topological polar surface area (TPSA) is 37.7 Å². The van der Waals surface area contributed by atoms with Crippen molar-refractivity contribution in [1.82, 2.24) is 9.47 Å². The Bertz CT molecular complexity index is 939. The zero-order valence-corrected chi connectivity index (χ0v) is 15.2. The van der Waals surface area contributed by atoms with E-state index in [-0.39, 0.29) is 5.91 Å². The minimum Gasteiger partial charge on any atom is -0.497 e.